The lowest BCUT2D eigenvalue weighted by Crippen LogP contribution is -2.23. The van der Waals surface area contributed by atoms with Crippen molar-refractivity contribution >= 4 is 22.2 Å². The van der Waals surface area contributed by atoms with Crippen LogP contribution in [0.4, 0.5) is 10.8 Å². The van der Waals surface area contributed by atoms with Gasteiger partial charge in [-0.25, -0.2) is 4.98 Å². The van der Waals surface area contributed by atoms with Gasteiger partial charge in [0, 0.05) is 17.6 Å². The molecule has 1 aliphatic rings. The molecule has 0 radical (unpaired) electrons. The van der Waals surface area contributed by atoms with Crippen molar-refractivity contribution in [2.75, 3.05) is 17.2 Å². The van der Waals surface area contributed by atoms with Crippen molar-refractivity contribution in [1.29, 1.82) is 0 Å². The number of nitrogens with zero attached hydrogens (tertiary/aromatic N) is 3. The van der Waals surface area contributed by atoms with E-state index in [0.29, 0.717) is 11.2 Å². The van der Waals surface area contributed by atoms with Crippen molar-refractivity contribution < 1.29 is 0 Å². The molecule has 1 unspecified atom stereocenters. The van der Waals surface area contributed by atoms with E-state index in [9.17, 15) is 0 Å². The molecule has 1 atom stereocenters. The zero-order valence-corrected chi connectivity index (χ0v) is 11.9. The van der Waals surface area contributed by atoms with E-state index in [1.54, 1.807) is 0 Å². The van der Waals surface area contributed by atoms with Gasteiger partial charge < -0.3 is 10.6 Å². The van der Waals surface area contributed by atoms with Crippen LogP contribution >= 0.6 is 11.3 Å². The smallest absolute Gasteiger partial charge is 0.180 e. The van der Waals surface area contributed by atoms with Crippen LogP contribution in [0.25, 0.3) is 0 Å². The minimum atomic E-state index is 0.350. The van der Waals surface area contributed by atoms with Crippen molar-refractivity contribution in [1.82, 2.24) is 9.97 Å². The minimum absolute atomic E-state index is 0.350. The Morgan fingerprint density at radius 3 is 3.00 bits per heavy atom. The van der Waals surface area contributed by atoms with Gasteiger partial charge in [-0.05, 0) is 31.4 Å². The Hall–Kier alpha value is -1.62. The Labute approximate surface area is 117 Å². The number of hydrogen-bond acceptors (Lipinski definition) is 5. The van der Waals surface area contributed by atoms with E-state index in [-0.39, 0.29) is 0 Å². The molecule has 2 aromatic heterocycles. The van der Waals surface area contributed by atoms with Gasteiger partial charge in [0.05, 0.1) is 23.6 Å². The molecule has 3 rings (SSSR count). The standard InChI is InChI=1S/C14H18N4S/c1-2-10-5-6-11(8-16-10)18-7-3-4-13(18)12-9-19-14(15)17-12/h5-6,8-9,13H,2-4,7H2,1H3,(H2,15,17). The number of aryl methyl sites for hydroxylation is 1. The second kappa shape index (κ2) is 5.17. The fraction of sp³-hybridized carbons (Fsp3) is 0.429. The highest BCUT2D eigenvalue weighted by Crippen LogP contribution is 2.36. The number of pyridine rings is 1. The number of anilines is 2. The summed E-state index contributed by atoms with van der Waals surface area (Å²) in [6, 6.07) is 4.63. The van der Waals surface area contributed by atoms with Gasteiger partial charge in [0.1, 0.15) is 0 Å². The van der Waals surface area contributed by atoms with Gasteiger partial charge in [0.2, 0.25) is 0 Å². The van der Waals surface area contributed by atoms with E-state index in [1.165, 1.54) is 23.4 Å². The molecular weight excluding hydrogens is 256 g/mol. The number of hydrogen-bond donors (Lipinski definition) is 1. The number of nitrogen functional groups attached to an aromatic ring is 1. The highest BCUT2D eigenvalue weighted by molar-refractivity contribution is 7.13. The number of thiazole rings is 1. The topological polar surface area (TPSA) is 55.0 Å². The lowest BCUT2D eigenvalue weighted by Gasteiger charge is -2.25. The molecule has 19 heavy (non-hydrogen) atoms. The largest absolute Gasteiger partial charge is 0.375 e. The van der Waals surface area contributed by atoms with E-state index >= 15 is 0 Å². The second-order valence-electron chi connectivity index (χ2n) is 4.82. The van der Waals surface area contributed by atoms with Gasteiger partial charge in [-0.3, -0.25) is 4.98 Å². The molecule has 0 bridgehead atoms. The summed E-state index contributed by atoms with van der Waals surface area (Å²) in [6.45, 7) is 3.19. The van der Waals surface area contributed by atoms with E-state index in [4.69, 9.17) is 5.73 Å². The van der Waals surface area contributed by atoms with Crippen LogP contribution in [0.1, 0.15) is 37.2 Å². The van der Waals surface area contributed by atoms with Crippen LogP contribution in [0.2, 0.25) is 0 Å². The van der Waals surface area contributed by atoms with Crippen molar-refractivity contribution in [3.8, 4) is 0 Å². The summed E-state index contributed by atoms with van der Waals surface area (Å²) in [6.07, 6.45) is 5.29. The van der Waals surface area contributed by atoms with Crippen molar-refractivity contribution in [3.63, 3.8) is 0 Å². The predicted octanol–water partition coefficient (Wildman–Crippen LogP) is 3.02. The van der Waals surface area contributed by atoms with E-state index in [0.717, 1.165) is 30.8 Å². The first-order valence-electron chi connectivity index (χ1n) is 6.70. The third-order valence-corrected chi connectivity index (χ3v) is 4.33. The summed E-state index contributed by atoms with van der Waals surface area (Å²) in [4.78, 5) is 11.3. The lowest BCUT2D eigenvalue weighted by atomic mass is 10.1. The van der Waals surface area contributed by atoms with Gasteiger partial charge in [-0.1, -0.05) is 6.92 Å². The Bertz CT molecular complexity index is 549. The summed E-state index contributed by atoms with van der Waals surface area (Å²) in [5, 5.41) is 2.73. The first kappa shape index (κ1) is 12.4. The molecular formula is C14H18N4S. The average Bonchev–Trinajstić information content (AvgIpc) is 3.07. The molecule has 100 valence electrons. The molecule has 0 aromatic carbocycles. The second-order valence-corrected chi connectivity index (χ2v) is 5.71. The highest BCUT2D eigenvalue weighted by Gasteiger charge is 2.28. The van der Waals surface area contributed by atoms with Gasteiger partial charge in [0.25, 0.3) is 0 Å². The molecule has 4 nitrogen and oxygen atoms in total. The molecule has 1 fully saturated rings. The van der Waals surface area contributed by atoms with Crippen molar-refractivity contribution in [3.05, 3.63) is 35.1 Å². The SMILES string of the molecule is CCc1ccc(N2CCCC2c2csc(N)n2)cn1. The fourth-order valence-electron chi connectivity index (χ4n) is 2.63. The van der Waals surface area contributed by atoms with Gasteiger partial charge >= 0.3 is 0 Å². The highest BCUT2D eigenvalue weighted by atomic mass is 32.1. The molecule has 0 amide bonds. The van der Waals surface area contributed by atoms with Crippen LogP contribution in [-0.4, -0.2) is 16.5 Å². The Balaban J connectivity index is 1.86. The van der Waals surface area contributed by atoms with Crippen LogP contribution in [0.3, 0.4) is 0 Å². The van der Waals surface area contributed by atoms with Crippen molar-refractivity contribution in [2.24, 2.45) is 0 Å². The quantitative estimate of drug-likeness (QED) is 0.934. The molecule has 1 saturated heterocycles. The molecule has 2 aromatic rings. The van der Waals surface area contributed by atoms with E-state index < -0.39 is 0 Å². The maximum Gasteiger partial charge on any atom is 0.180 e. The minimum Gasteiger partial charge on any atom is -0.375 e. The van der Waals surface area contributed by atoms with Crippen LogP contribution in [-0.2, 0) is 6.42 Å². The number of rotatable bonds is 3. The number of aromatic nitrogens is 2. The molecule has 3 heterocycles. The van der Waals surface area contributed by atoms with Gasteiger partial charge in [-0.15, -0.1) is 11.3 Å². The molecule has 2 N–H and O–H groups in total. The number of nitrogens with two attached hydrogens (primary N) is 1. The first-order valence-corrected chi connectivity index (χ1v) is 7.58. The van der Waals surface area contributed by atoms with Gasteiger partial charge in [-0.2, -0.15) is 0 Å². The zero-order chi connectivity index (χ0) is 13.2. The lowest BCUT2D eigenvalue weighted by molar-refractivity contribution is 0.699. The van der Waals surface area contributed by atoms with Gasteiger partial charge in [0.15, 0.2) is 5.13 Å². The van der Waals surface area contributed by atoms with E-state index in [2.05, 4.69) is 39.3 Å². The van der Waals surface area contributed by atoms with Crippen LogP contribution in [0.5, 0.6) is 0 Å². The van der Waals surface area contributed by atoms with Crippen molar-refractivity contribution in [2.45, 2.75) is 32.2 Å². The van der Waals surface area contributed by atoms with Crippen LogP contribution in [0, 0.1) is 0 Å². The van der Waals surface area contributed by atoms with Crippen LogP contribution in [0.15, 0.2) is 23.7 Å². The summed E-state index contributed by atoms with van der Waals surface area (Å²) in [5.41, 5.74) is 9.16. The Morgan fingerprint density at radius 1 is 1.47 bits per heavy atom. The average molecular weight is 274 g/mol. The molecule has 0 saturated carbocycles. The predicted molar refractivity (Wildman–Crippen MR) is 79.5 cm³/mol. The third kappa shape index (κ3) is 2.42. The Morgan fingerprint density at radius 2 is 2.37 bits per heavy atom. The summed E-state index contributed by atoms with van der Waals surface area (Å²) in [5.74, 6) is 0. The summed E-state index contributed by atoms with van der Waals surface area (Å²) in [7, 11) is 0. The molecule has 0 aliphatic carbocycles. The maximum atomic E-state index is 5.74. The molecule has 1 aliphatic heterocycles. The maximum absolute atomic E-state index is 5.74. The fourth-order valence-corrected chi connectivity index (χ4v) is 3.24. The molecule has 5 heteroatoms. The zero-order valence-electron chi connectivity index (χ0n) is 11.0. The Kier molecular flexibility index (Phi) is 3.38. The summed E-state index contributed by atoms with van der Waals surface area (Å²) >= 11 is 1.52. The normalized spacial score (nSPS) is 19.0. The third-order valence-electron chi connectivity index (χ3n) is 3.64. The van der Waals surface area contributed by atoms with Crippen LogP contribution < -0.4 is 10.6 Å². The first-order chi connectivity index (χ1) is 9.28. The monoisotopic (exact) mass is 274 g/mol. The molecule has 0 spiro atoms. The summed E-state index contributed by atoms with van der Waals surface area (Å²) < 4.78 is 0. The van der Waals surface area contributed by atoms with E-state index in [1.807, 2.05) is 6.20 Å².